The first-order valence-corrected chi connectivity index (χ1v) is 7.24. The van der Waals surface area contributed by atoms with E-state index in [0.29, 0.717) is 12.4 Å². The van der Waals surface area contributed by atoms with Gasteiger partial charge in [-0.15, -0.1) is 11.3 Å². The molecular formula is C14H9ClN2O3S. The Bertz CT molecular complexity index is 786. The van der Waals surface area contributed by atoms with Crippen LogP contribution in [0, 0.1) is 10.1 Å². The third-order valence-corrected chi connectivity index (χ3v) is 4.13. The summed E-state index contributed by atoms with van der Waals surface area (Å²) >= 11 is 7.39. The molecule has 0 aliphatic heterocycles. The molecule has 5 nitrogen and oxygen atoms in total. The fraction of sp³-hybridized carbons (Fsp3) is 0.0714. The van der Waals surface area contributed by atoms with Crippen LogP contribution in [0.3, 0.4) is 0 Å². The second-order valence-corrected chi connectivity index (χ2v) is 5.76. The van der Waals surface area contributed by atoms with Gasteiger partial charge >= 0.3 is 0 Å². The lowest BCUT2D eigenvalue weighted by molar-refractivity contribution is -0.384. The van der Waals surface area contributed by atoms with Gasteiger partial charge in [0.05, 0.1) is 15.1 Å². The lowest BCUT2D eigenvalue weighted by Crippen LogP contribution is -1.95. The number of aromatic nitrogens is 1. The van der Waals surface area contributed by atoms with Gasteiger partial charge in [0.2, 0.25) is 0 Å². The molecule has 2 aromatic carbocycles. The Labute approximate surface area is 128 Å². The molecular weight excluding hydrogens is 312 g/mol. The van der Waals surface area contributed by atoms with Crippen LogP contribution in [0.2, 0.25) is 5.02 Å². The number of benzene rings is 2. The second kappa shape index (κ2) is 5.67. The summed E-state index contributed by atoms with van der Waals surface area (Å²) in [6, 6.07) is 12.1. The van der Waals surface area contributed by atoms with Crippen molar-refractivity contribution in [2.75, 3.05) is 0 Å². The van der Waals surface area contributed by atoms with Crippen LogP contribution < -0.4 is 4.74 Å². The van der Waals surface area contributed by atoms with E-state index < -0.39 is 4.92 Å². The van der Waals surface area contributed by atoms with Gasteiger partial charge < -0.3 is 4.74 Å². The third kappa shape index (κ3) is 2.96. The van der Waals surface area contributed by atoms with Crippen LogP contribution in [0.25, 0.3) is 10.2 Å². The fourth-order valence-corrected chi connectivity index (χ4v) is 2.97. The van der Waals surface area contributed by atoms with Gasteiger partial charge in [-0.3, -0.25) is 10.1 Å². The Morgan fingerprint density at radius 3 is 2.81 bits per heavy atom. The number of para-hydroxylation sites is 1. The quantitative estimate of drug-likeness (QED) is 0.526. The minimum absolute atomic E-state index is 0.0572. The maximum Gasteiger partial charge on any atom is 0.288 e. The Morgan fingerprint density at radius 1 is 1.29 bits per heavy atom. The SMILES string of the molecule is O=[N+]([O-])c1ccc(OCc2nc3ccccc3s2)cc1Cl. The highest BCUT2D eigenvalue weighted by Gasteiger charge is 2.13. The number of nitro benzene ring substituents is 1. The van der Waals surface area contributed by atoms with Crippen molar-refractivity contribution >= 4 is 38.8 Å². The monoisotopic (exact) mass is 320 g/mol. The van der Waals surface area contributed by atoms with Crippen LogP contribution in [-0.2, 0) is 6.61 Å². The lowest BCUT2D eigenvalue weighted by atomic mass is 10.3. The molecule has 21 heavy (non-hydrogen) atoms. The van der Waals surface area contributed by atoms with Crippen molar-refractivity contribution in [1.29, 1.82) is 0 Å². The van der Waals surface area contributed by atoms with E-state index in [9.17, 15) is 10.1 Å². The maximum atomic E-state index is 10.7. The molecule has 0 unspecified atom stereocenters. The summed E-state index contributed by atoms with van der Waals surface area (Å²) in [7, 11) is 0. The van der Waals surface area contributed by atoms with E-state index in [1.807, 2.05) is 24.3 Å². The summed E-state index contributed by atoms with van der Waals surface area (Å²) in [5.41, 5.74) is 0.798. The van der Waals surface area contributed by atoms with Gasteiger partial charge in [-0.2, -0.15) is 0 Å². The number of rotatable bonds is 4. The van der Waals surface area contributed by atoms with Crippen LogP contribution in [0.15, 0.2) is 42.5 Å². The molecule has 7 heteroatoms. The number of halogens is 1. The van der Waals surface area contributed by atoms with E-state index >= 15 is 0 Å². The van der Waals surface area contributed by atoms with Gasteiger partial charge in [0.15, 0.2) is 0 Å². The summed E-state index contributed by atoms with van der Waals surface area (Å²) in [5.74, 6) is 0.477. The number of fused-ring (bicyclic) bond motifs is 1. The summed E-state index contributed by atoms with van der Waals surface area (Å²) in [6.45, 7) is 0.299. The van der Waals surface area contributed by atoms with E-state index in [2.05, 4.69) is 4.98 Å². The number of hydrogen-bond donors (Lipinski definition) is 0. The number of ether oxygens (including phenoxy) is 1. The van der Waals surface area contributed by atoms with Crippen LogP contribution in [-0.4, -0.2) is 9.91 Å². The van der Waals surface area contributed by atoms with Crippen molar-refractivity contribution in [3.05, 3.63) is 62.6 Å². The van der Waals surface area contributed by atoms with Gasteiger partial charge in [-0.25, -0.2) is 4.98 Å². The molecule has 0 atom stereocenters. The molecule has 0 spiro atoms. The Hall–Kier alpha value is -2.18. The van der Waals surface area contributed by atoms with Crippen LogP contribution >= 0.6 is 22.9 Å². The first-order valence-electron chi connectivity index (χ1n) is 6.04. The van der Waals surface area contributed by atoms with Gasteiger partial charge in [0.1, 0.15) is 22.4 Å². The van der Waals surface area contributed by atoms with Crippen molar-refractivity contribution in [2.45, 2.75) is 6.61 Å². The Balaban J connectivity index is 1.75. The number of nitro groups is 1. The molecule has 0 saturated heterocycles. The van der Waals surface area contributed by atoms with Gasteiger partial charge in [0, 0.05) is 12.1 Å². The first kappa shape index (κ1) is 13.8. The molecule has 0 N–H and O–H groups in total. The number of thiazole rings is 1. The standard InChI is InChI=1S/C14H9ClN2O3S/c15-10-7-9(5-6-12(10)17(18)19)20-8-14-16-11-3-1-2-4-13(11)21-14/h1-7H,8H2. The topological polar surface area (TPSA) is 65.3 Å². The van der Waals surface area contributed by atoms with Gasteiger partial charge in [0.25, 0.3) is 5.69 Å². The van der Waals surface area contributed by atoms with E-state index in [1.165, 1.54) is 18.2 Å². The molecule has 1 aromatic heterocycles. The summed E-state index contributed by atoms with van der Waals surface area (Å²) < 4.78 is 6.67. The average Bonchev–Trinajstić information content (AvgIpc) is 2.87. The van der Waals surface area contributed by atoms with Crippen LogP contribution in [0.4, 0.5) is 5.69 Å². The number of hydrogen-bond acceptors (Lipinski definition) is 5. The first-order chi connectivity index (χ1) is 10.1. The minimum Gasteiger partial charge on any atom is -0.486 e. The predicted octanol–water partition coefficient (Wildman–Crippen LogP) is 4.44. The van der Waals surface area contributed by atoms with E-state index in [1.54, 1.807) is 11.3 Å². The van der Waals surface area contributed by atoms with Gasteiger partial charge in [-0.05, 0) is 18.2 Å². The maximum absolute atomic E-state index is 10.7. The predicted molar refractivity (Wildman–Crippen MR) is 82.1 cm³/mol. The molecule has 1 heterocycles. The summed E-state index contributed by atoms with van der Waals surface area (Å²) in [5, 5.41) is 11.6. The normalized spacial score (nSPS) is 10.7. The highest BCUT2D eigenvalue weighted by molar-refractivity contribution is 7.18. The molecule has 0 aliphatic carbocycles. The largest absolute Gasteiger partial charge is 0.486 e. The molecule has 0 amide bonds. The third-order valence-electron chi connectivity index (χ3n) is 2.82. The van der Waals surface area contributed by atoms with Crippen molar-refractivity contribution < 1.29 is 9.66 Å². The number of nitrogens with zero attached hydrogens (tertiary/aromatic N) is 2. The molecule has 0 radical (unpaired) electrons. The zero-order valence-electron chi connectivity index (χ0n) is 10.7. The zero-order chi connectivity index (χ0) is 14.8. The second-order valence-electron chi connectivity index (χ2n) is 4.23. The molecule has 0 fully saturated rings. The summed E-state index contributed by atoms with van der Waals surface area (Å²) in [4.78, 5) is 14.6. The van der Waals surface area contributed by atoms with E-state index in [4.69, 9.17) is 16.3 Å². The lowest BCUT2D eigenvalue weighted by Gasteiger charge is -2.04. The van der Waals surface area contributed by atoms with Crippen molar-refractivity contribution in [2.24, 2.45) is 0 Å². The van der Waals surface area contributed by atoms with Gasteiger partial charge in [-0.1, -0.05) is 23.7 Å². The molecule has 0 aliphatic rings. The Morgan fingerprint density at radius 2 is 2.10 bits per heavy atom. The van der Waals surface area contributed by atoms with Crippen molar-refractivity contribution in [1.82, 2.24) is 4.98 Å². The molecule has 106 valence electrons. The average molecular weight is 321 g/mol. The van der Waals surface area contributed by atoms with Crippen LogP contribution in [0.1, 0.15) is 5.01 Å². The molecule has 0 saturated carbocycles. The molecule has 3 rings (SSSR count). The Kier molecular flexibility index (Phi) is 3.72. The van der Waals surface area contributed by atoms with E-state index in [0.717, 1.165) is 15.2 Å². The van der Waals surface area contributed by atoms with Crippen molar-refractivity contribution in [3.8, 4) is 5.75 Å². The molecule has 3 aromatic rings. The highest BCUT2D eigenvalue weighted by Crippen LogP contribution is 2.29. The van der Waals surface area contributed by atoms with Crippen molar-refractivity contribution in [3.63, 3.8) is 0 Å². The highest BCUT2D eigenvalue weighted by atomic mass is 35.5. The minimum atomic E-state index is -0.528. The molecule has 0 bridgehead atoms. The fourth-order valence-electron chi connectivity index (χ4n) is 1.85. The smallest absolute Gasteiger partial charge is 0.288 e. The van der Waals surface area contributed by atoms with Crippen LogP contribution in [0.5, 0.6) is 5.75 Å². The summed E-state index contributed by atoms with van der Waals surface area (Å²) in [6.07, 6.45) is 0. The zero-order valence-corrected chi connectivity index (χ0v) is 12.2. The van der Waals surface area contributed by atoms with E-state index in [-0.39, 0.29) is 10.7 Å².